The third-order valence-electron chi connectivity index (χ3n) is 3.81. The average Bonchev–Trinajstić information content (AvgIpc) is 2.48. The van der Waals surface area contributed by atoms with Crippen LogP contribution in [0, 0.1) is 5.92 Å². The summed E-state index contributed by atoms with van der Waals surface area (Å²) in [6.07, 6.45) is 2.30. The molecule has 0 aromatic heterocycles. The van der Waals surface area contributed by atoms with E-state index in [9.17, 15) is 4.79 Å². The average molecular weight is 276 g/mol. The molecule has 110 valence electrons. The smallest absolute Gasteiger partial charge is 0.253 e. The second-order valence-corrected chi connectivity index (χ2v) is 5.45. The van der Waals surface area contributed by atoms with Crippen LogP contribution in [0.25, 0.3) is 0 Å². The largest absolute Gasteiger partial charge is 0.380 e. The van der Waals surface area contributed by atoms with E-state index in [1.54, 1.807) is 7.11 Å². The summed E-state index contributed by atoms with van der Waals surface area (Å²) in [5.41, 5.74) is 1.87. The lowest BCUT2D eigenvalue weighted by Crippen LogP contribution is -2.42. The van der Waals surface area contributed by atoms with Gasteiger partial charge in [0.1, 0.15) is 0 Å². The first-order chi connectivity index (χ1) is 9.74. The monoisotopic (exact) mass is 276 g/mol. The number of hydrogen-bond acceptors (Lipinski definition) is 3. The van der Waals surface area contributed by atoms with Gasteiger partial charge in [-0.1, -0.05) is 12.1 Å². The summed E-state index contributed by atoms with van der Waals surface area (Å²) in [5, 5.41) is 3.21. The van der Waals surface area contributed by atoms with Gasteiger partial charge in [0.15, 0.2) is 0 Å². The lowest BCUT2D eigenvalue weighted by atomic mass is 9.97. The Balaban J connectivity index is 1.99. The molecule has 0 spiro atoms. The maximum Gasteiger partial charge on any atom is 0.253 e. The van der Waals surface area contributed by atoms with Crippen molar-refractivity contribution in [3.8, 4) is 0 Å². The number of carbonyl (C=O) groups is 1. The van der Waals surface area contributed by atoms with E-state index in [2.05, 4.69) is 5.32 Å². The summed E-state index contributed by atoms with van der Waals surface area (Å²) in [6.45, 7) is 3.30. The fourth-order valence-electron chi connectivity index (χ4n) is 2.80. The summed E-state index contributed by atoms with van der Waals surface area (Å²) < 4.78 is 5.08. The molecule has 2 rings (SSSR count). The van der Waals surface area contributed by atoms with E-state index in [0.29, 0.717) is 12.5 Å². The van der Waals surface area contributed by atoms with Gasteiger partial charge in [-0.15, -0.1) is 0 Å². The molecule has 0 saturated carbocycles. The SMILES string of the molecule is CNCC1CCCN(C(=O)c2ccc(COC)cc2)C1. The van der Waals surface area contributed by atoms with Crippen LogP contribution in [0.5, 0.6) is 0 Å². The number of methoxy groups -OCH3 is 1. The zero-order chi connectivity index (χ0) is 14.4. The van der Waals surface area contributed by atoms with E-state index in [4.69, 9.17) is 4.74 Å². The molecule has 4 heteroatoms. The third-order valence-corrected chi connectivity index (χ3v) is 3.81. The van der Waals surface area contributed by atoms with Crippen molar-refractivity contribution in [2.45, 2.75) is 19.4 Å². The second-order valence-electron chi connectivity index (χ2n) is 5.45. The zero-order valence-electron chi connectivity index (χ0n) is 12.4. The molecule has 1 aromatic carbocycles. The van der Waals surface area contributed by atoms with Crippen LogP contribution < -0.4 is 5.32 Å². The van der Waals surface area contributed by atoms with Gasteiger partial charge in [0.05, 0.1) is 6.61 Å². The molecule has 20 heavy (non-hydrogen) atoms. The van der Waals surface area contributed by atoms with Crippen LogP contribution in [0.3, 0.4) is 0 Å². The third kappa shape index (κ3) is 3.81. The van der Waals surface area contributed by atoms with Crippen LogP contribution >= 0.6 is 0 Å². The fourth-order valence-corrected chi connectivity index (χ4v) is 2.80. The van der Waals surface area contributed by atoms with Crippen molar-refractivity contribution < 1.29 is 9.53 Å². The number of benzene rings is 1. The minimum Gasteiger partial charge on any atom is -0.380 e. The highest BCUT2D eigenvalue weighted by Crippen LogP contribution is 2.18. The van der Waals surface area contributed by atoms with Gasteiger partial charge < -0.3 is 15.0 Å². The molecular formula is C16H24N2O2. The molecule has 1 heterocycles. The van der Waals surface area contributed by atoms with Crippen molar-refractivity contribution in [1.29, 1.82) is 0 Å². The van der Waals surface area contributed by atoms with Crippen LogP contribution in [0.1, 0.15) is 28.8 Å². The Morgan fingerprint density at radius 3 is 2.80 bits per heavy atom. The molecule has 1 N–H and O–H groups in total. The molecule has 1 unspecified atom stereocenters. The van der Waals surface area contributed by atoms with Gasteiger partial charge in [0.2, 0.25) is 0 Å². The number of nitrogens with zero attached hydrogens (tertiary/aromatic N) is 1. The van der Waals surface area contributed by atoms with Crippen LogP contribution in [0.4, 0.5) is 0 Å². The number of carbonyl (C=O) groups excluding carboxylic acids is 1. The molecule has 1 aliphatic heterocycles. The zero-order valence-corrected chi connectivity index (χ0v) is 12.4. The number of rotatable bonds is 5. The summed E-state index contributed by atoms with van der Waals surface area (Å²) >= 11 is 0. The number of hydrogen-bond donors (Lipinski definition) is 1. The standard InChI is InChI=1S/C16H24N2O2/c1-17-10-14-4-3-9-18(11-14)16(19)15-7-5-13(6-8-15)12-20-2/h5-8,14,17H,3-4,9-12H2,1-2H3. The lowest BCUT2D eigenvalue weighted by Gasteiger charge is -2.32. The first-order valence-electron chi connectivity index (χ1n) is 7.26. The van der Waals surface area contributed by atoms with Gasteiger partial charge in [-0.3, -0.25) is 4.79 Å². The molecular weight excluding hydrogens is 252 g/mol. The van der Waals surface area contributed by atoms with Crippen molar-refractivity contribution in [1.82, 2.24) is 10.2 Å². The Bertz CT molecular complexity index is 429. The summed E-state index contributed by atoms with van der Waals surface area (Å²) in [5.74, 6) is 0.722. The van der Waals surface area contributed by atoms with Crippen molar-refractivity contribution >= 4 is 5.91 Å². The molecule has 1 aromatic rings. The number of nitrogens with one attached hydrogen (secondary N) is 1. The highest BCUT2D eigenvalue weighted by Gasteiger charge is 2.23. The van der Waals surface area contributed by atoms with E-state index in [1.807, 2.05) is 36.2 Å². The van der Waals surface area contributed by atoms with Crippen molar-refractivity contribution in [2.75, 3.05) is 33.8 Å². The maximum atomic E-state index is 12.5. The van der Waals surface area contributed by atoms with Gasteiger partial charge in [0.25, 0.3) is 5.91 Å². The molecule has 1 fully saturated rings. The molecule has 1 amide bonds. The van der Waals surface area contributed by atoms with E-state index in [-0.39, 0.29) is 5.91 Å². The molecule has 1 atom stereocenters. The Morgan fingerprint density at radius 1 is 1.40 bits per heavy atom. The Kier molecular flexibility index (Phi) is 5.56. The first kappa shape index (κ1) is 15.0. The Labute approximate surface area is 121 Å². The van der Waals surface area contributed by atoms with Crippen molar-refractivity contribution in [3.63, 3.8) is 0 Å². The number of piperidine rings is 1. The number of ether oxygens (including phenoxy) is 1. The fraction of sp³-hybridized carbons (Fsp3) is 0.562. The van der Waals surface area contributed by atoms with Crippen LogP contribution in [-0.4, -0.2) is 44.6 Å². The minimum absolute atomic E-state index is 0.148. The molecule has 0 radical (unpaired) electrons. The molecule has 1 aliphatic rings. The van der Waals surface area contributed by atoms with Gasteiger partial charge in [-0.2, -0.15) is 0 Å². The molecule has 0 bridgehead atoms. The van der Waals surface area contributed by atoms with Crippen LogP contribution in [0.15, 0.2) is 24.3 Å². The number of likely N-dealkylation sites (tertiary alicyclic amines) is 1. The van der Waals surface area contributed by atoms with Gasteiger partial charge in [-0.25, -0.2) is 0 Å². The molecule has 4 nitrogen and oxygen atoms in total. The summed E-state index contributed by atoms with van der Waals surface area (Å²) in [7, 11) is 3.64. The predicted octanol–water partition coefficient (Wildman–Crippen LogP) is 1.90. The Hall–Kier alpha value is -1.39. The summed E-state index contributed by atoms with van der Waals surface area (Å²) in [4.78, 5) is 14.5. The maximum absolute atomic E-state index is 12.5. The van der Waals surface area contributed by atoms with Crippen molar-refractivity contribution in [3.05, 3.63) is 35.4 Å². The van der Waals surface area contributed by atoms with Crippen LogP contribution in [0.2, 0.25) is 0 Å². The van der Waals surface area contributed by atoms with Crippen molar-refractivity contribution in [2.24, 2.45) is 5.92 Å². The predicted molar refractivity (Wildman–Crippen MR) is 79.7 cm³/mol. The minimum atomic E-state index is 0.148. The normalized spacial score (nSPS) is 19.1. The van der Waals surface area contributed by atoms with E-state index < -0.39 is 0 Å². The quantitative estimate of drug-likeness (QED) is 0.893. The van der Waals surface area contributed by atoms with E-state index in [1.165, 1.54) is 6.42 Å². The van der Waals surface area contributed by atoms with Gasteiger partial charge in [0, 0.05) is 25.8 Å². The molecule has 0 aliphatic carbocycles. The first-order valence-corrected chi connectivity index (χ1v) is 7.26. The van der Waals surface area contributed by atoms with Crippen LogP contribution in [-0.2, 0) is 11.3 Å². The van der Waals surface area contributed by atoms with E-state index in [0.717, 1.165) is 37.2 Å². The van der Waals surface area contributed by atoms with Gasteiger partial charge in [-0.05, 0) is 50.0 Å². The van der Waals surface area contributed by atoms with Gasteiger partial charge >= 0.3 is 0 Å². The second kappa shape index (κ2) is 7.41. The van der Waals surface area contributed by atoms with E-state index >= 15 is 0 Å². The lowest BCUT2D eigenvalue weighted by molar-refractivity contribution is 0.0674. The number of amides is 1. The topological polar surface area (TPSA) is 41.6 Å². The summed E-state index contributed by atoms with van der Waals surface area (Å²) in [6, 6.07) is 7.73. The molecule has 1 saturated heterocycles. The highest BCUT2D eigenvalue weighted by molar-refractivity contribution is 5.94. The Morgan fingerprint density at radius 2 is 2.15 bits per heavy atom. The highest BCUT2D eigenvalue weighted by atomic mass is 16.5.